The van der Waals surface area contributed by atoms with E-state index in [2.05, 4.69) is 4.89 Å². The molecule has 1 N–H and O–H groups in total. The number of rotatable bonds is 1. The van der Waals surface area contributed by atoms with Gasteiger partial charge in [-0.3, -0.25) is 4.89 Å². The normalized spacial score (nSPS) is 36.8. The second-order valence-electron chi connectivity index (χ2n) is 2.56. The predicted octanol–water partition coefficient (Wildman–Crippen LogP) is 0.833. The van der Waals surface area contributed by atoms with E-state index in [1.807, 2.05) is 0 Å². The average Bonchev–Trinajstić information content (AvgIpc) is 2.74. The van der Waals surface area contributed by atoms with Crippen LogP contribution in [0.3, 0.4) is 0 Å². The molecule has 2 aliphatic rings. The third-order valence-electron chi connectivity index (χ3n) is 1.80. The maximum Gasteiger partial charge on any atom is 0.371 e. The first kappa shape index (κ1) is 7.79. The lowest BCUT2D eigenvalue weighted by atomic mass is 10.1. The summed E-state index contributed by atoms with van der Waals surface area (Å²) in [6, 6.07) is 0. The van der Waals surface area contributed by atoms with Crippen molar-refractivity contribution in [2.45, 2.75) is 11.2 Å². The van der Waals surface area contributed by atoms with E-state index < -0.39 is 17.1 Å². The molecule has 0 aromatic carbocycles. The van der Waals surface area contributed by atoms with Gasteiger partial charge in [0.1, 0.15) is 6.10 Å². The van der Waals surface area contributed by atoms with Crippen LogP contribution in [0.5, 0.6) is 0 Å². The van der Waals surface area contributed by atoms with Gasteiger partial charge in [-0.25, -0.2) is 4.79 Å². The predicted molar refractivity (Wildman–Crippen MR) is 39.4 cm³/mol. The van der Waals surface area contributed by atoms with Crippen molar-refractivity contribution < 1.29 is 19.7 Å². The zero-order chi connectivity index (χ0) is 8.77. The molecule has 0 radical (unpaired) electrons. The van der Waals surface area contributed by atoms with Crippen molar-refractivity contribution in [1.82, 2.24) is 0 Å². The molecule has 0 aromatic heterocycles. The van der Waals surface area contributed by atoms with Crippen LogP contribution in [-0.4, -0.2) is 22.4 Å². The summed E-state index contributed by atoms with van der Waals surface area (Å²) in [6.07, 6.45) is 4.23. The second-order valence-corrected chi connectivity index (χ2v) is 3.15. The van der Waals surface area contributed by atoms with Gasteiger partial charge in [0.25, 0.3) is 0 Å². The summed E-state index contributed by atoms with van der Waals surface area (Å²) >= 11 is 5.80. The van der Waals surface area contributed by atoms with E-state index in [0.717, 1.165) is 0 Å². The molecular weight excluding hydrogens is 184 g/mol. The van der Waals surface area contributed by atoms with Crippen molar-refractivity contribution in [2.24, 2.45) is 0 Å². The van der Waals surface area contributed by atoms with E-state index in [1.165, 1.54) is 6.08 Å². The molecule has 1 fully saturated rings. The monoisotopic (exact) mass is 188 g/mol. The molecule has 0 amide bonds. The Morgan fingerprint density at radius 2 is 2.58 bits per heavy atom. The number of carbonyl (C=O) groups excluding carboxylic acids is 1. The van der Waals surface area contributed by atoms with Crippen LogP contribution in [0.25, 0.3) is 0 Å². The van der Waals surface area contributed by atoms with E-state index in [1.54, 1.807) is 12.2 Å². The fraction of sp³-hybridized carbons (Fsp3) is 0.286. The van der Waals surface area contributed by atoms with E-state index in [-0.39, 0.29) is 5.57 Å². The molecule has 0 spiro atoms. The smallest absolute Gasteiger partial charge is 0.340 e. The van der Waals surface area contributed by atoms with Gasteiger partial charge in [0.15, 0.2) is 5.06 Å². The molecule has 5 heteroatoms. The largest absolute Gasteiger partial charge is 0.371 e. The van der Waals surface area contributed by atoms with Gasteiger partial charge >= 0.3 is 5.97 Å². The molecule has 1 saturated heterocycles. The SMILES string of the molecule is O=C(OO)C1=CC=CC2(Cl)OC12. The molecule has 2 atom stereocenters. The molecule has 1 aliphatic heterocycles. The number of alkyl halides is 1. The highest BCUT2D eigenvalue weighted by molar-refractivity contribution is 6.27. The van der Waals surface area contributed by atoms with Crippen molar-refractivity contribution in [1.29, 1.82) is 0 Å². The zero-order valence-corrected chi connectivity index (χ0v) is 6.62. The molecule has 0 saturated carbocycles. The van der Waals surface area contributed by atoms with E-state index in [9.17, 15) is 4.79 Å². The van der Waals surface area contributed by atoms with Crippen LogP contribution in [-0.2, 0) is 14.4 Å². The first-order chi connectivity index (χ1) is 5.67. The van der Waals surface area contributed by atoms with E-state index in [0.29, 0.717) is 0 Å². The standard InChI is InChI=1S/C7H5ClO4/c8-7-3-1-2-4(5(7)11-7)6(9)12-10/h1-3,5,10H. The van der Waals surface area contributed by atoms with E-state index in [4.69, 9.17) is 21.6 Å². The number of hydrogen-bond donors (Lipinski definition) is 1. The fourth-order valence-electron chi connectivity index (χ4n) is 1.15. The van der Waals surface area contributed by atoms with Crippen LogP contribution < -0.4 is 0 Å². The zero-order valence-electron chi connectivity index (χ0n) is 5.86. The number of hydrogen-bond acceptors (Lipinski definition) is 4. The van der Waals surface area contributed by atoms with Gasteiger partial charge < -0.3 is 4.74 Å². The maximum absolute atomic E-state index is 10.8. The summed E-state index contributed by atoms with van der Waals surface area (Å²) in [6.45, 7) is 0. The van der Waals surface area contributed by atoms with Crippen LogP contribution in [0.1, 0.15) is 0 Å². The second kappa shape index (κ2) is 2.32. The summed E-state index contributed by atoms with van der Waals surface area (Å²) in [7, 11) is 0. The lowest BCUT2D eigenvalue weighted by Gasteiger charge is -2.03. The number of carbonyl (C=O) groups is 1. The Labute approximate surface area is 73.0 Å². The third kappa shape index (κ3) is 0.964. The van der Waals surface area contributed by atoms with Crippen molar-refractivity contribution in [2.75, 3.05) is 0 Å². The molecule has 4 nitrogen and oxygen atoms in total. The number of epoxide rings is 1. The summed E-state index contributed by atoms with van der Waals surface area (Å²) in [5.41, 5.74) is 0.231. The van der Waals surface area contributed by atoms with Crippen LogP contribution in [0.2, 0.25) is 0 Å². The number of fused-ring (bicyclic) bond motifs is 1. The van der Waals surface area contributed by atoms with Crippen molar-refractivity contribution in [3.05, 3.63) is 23.8 Å². The van der Waals surface area contributed by atoms with Crippen LogP contribution in [0.4, 0.5) is 0 Å². The fourth-order valence-corrected chi connectivity index (χ4v) is 1.43. The highest BCUT2D eigenvalue weighted by atomic mass is 35.5. The molecule has 0 aromatic rings. The Morgan fingerprint density at radius 3 is 3.25 bits per heavy atom. The number of allylic oxidation sites excluding steroid dienone is 2. The minimum atomic E-state index is -0.891. The van der Waals surface area contributed by atoms with Gasteiger partial charge in [0.2, 0.25) is 0 Å². The van der Waals surface area contributed by atoms with Gasteiger partial charge in [0.05, 0.1) is 5.57 Å². The van der Waals surface area contributed by atoms with Gasteiger partial charge in [-0.1, -0.05) is 17.7 Å². The summed E-state index contributed by atoms with van der Waals surface area (Å²) in [5, 5.41) is 7.20. The highest BCUT2D eigenvalue weighted by Crippen LogP contribution is 2.48. The van der Waals surface area contributed by atoms with Gasteiger partial charge in [-0.15, -0.1) is 0 Å². The topological polar surface area (TPSA) is 59.1 Å². The Morgan fingerprint density at radius 1 is 1.83 bits per heavy atom. The Kier molecular flexibility index (Phi) is 1.51. The maximum atomic E-state index is 10.8. The van der Waals surface area contributed by atoms with Gasteiger partial charge in [0, 0.05) is 0 Å². The first-order valence-corrected chi connectivity index (χ1v) is 3.67. The van der Waals surface area contributed by atoms with Gasteiger partial charge in [-0.05, 0) is 12.2 Å². The molecule has 2 unspecified atom stereocenters. The van der Waals surface area contributed by atoms with Crippen LogP contribution >= 0.6 is 11.6 Å². The summed E-state index contributed by atoms with van der Waals surface area (Å²) in [4.78, 5) is 14.4. The molecule has 64 valence electrons. The summed E-state index contributed by atoms with van der Waals surface area (Å²) < 4.78 is 5.00. The number of ether oxygens (including phenoxy) is 1. The molecule has 1 heterocycles. The lowest BCUT2D eigenvalue weighted by Crippen LogP contribution is -2.16. The van der Waals surface area contributed by atoms with Crippen molar-refractivity contribution in [3.8, 4) is 0 Å². The molecule has 1 aliphatic carbocycles. The van der Waals surface area contributed by atoms with Crippen molar-refractivity contribution in [3.63, 3.8) is 0 Å². The Balaban J connectivity index is 2.23. The highest BCUT2D eigenvalue weighted by Gasteiger charge is 2.58. The number of halogens is 1. The lowest BCUT2D eigenvalue weighted by molar-refractivity contribution is -0.229. The minimum absolute atomic E-state index is 0.231. The minimum Gasteiger partial charge on any atom is -0.340 e. The third-order valence-corrected chi connectivity index (χ3v) is 2.21. The van der Waals surface area contributed by atoms with Gasteiger partial charge in [-0.2, -0.15) is 5.26 Å². The quantitative estimate of drug-likeness (QED) is 0.287. The average molecular weight is 189 g/mol. The molecule has 0 bridgehead atoms. The summed E-state index contributed by atoms with van der Waals surface area (Å²) in [5.74, 6) is -0.827. The van der Waals surface area contributed by atoms with Crippen molar-refractivity contribution >= 4 is 17.6 Å². The van der Waals surface area contributed by atoms with Crippen LogP contribution in [0, 0.1) is 0 Å². The molecule has 12 heavy (non-hydrogen) atoms. The first-order valence-electron chi connectivity index (χ1n) is 3.29. The van der Waals surface area contributed by atoms with E-state index >= 15 is 0 Å². The Bertz CT molecular complexity index is 296. The molecule has 2 rings (SSSR count). The Hall–Kier alpha value is -0.840. The van der Waals surface area contributed by atoms with Crippen LogP contribution in [0.15, 0.2) is 23.8 Å². The molecular formula is C7H5ClO4.